The van der Waals surface area contributed by atoms with Crippen LogP contribution in [-0.2, 0) is 10.0 Å². The van der Waals surface area contributed by atoms with Crippen molar-refractivity contribution in [3.8, 4) is 6.07 Å². The van der Waals surface area contributed by atoms with Crippen molar-refractivity contribution >= 4 is 15.9 Å². The van der Waals surface area contributed by atoms with Crippen molar-refractivity contribution in [2.45, 2.75) is 43.2 Å². The summed E-state index contributed by atoms with van der Waals surface area (Å²) in [7, 11) is -3.50. The number of nitrogens with zero attached hydrogens (tertiary/aromatic N) is 1. The summed E-state index contributed by atoms with van der Waals surface area (Å²) in [4.78, 5) is 12.0. The molecule has 0 radical (unpaired) electrons. The van der Waals surface area contributed by atoms with Gasteiger partial charge in [0.15, 0.2) is 0 Å². The molecule has 7 heteroatoms. The maximum Gasteiger partial charge on any atom is 0.251 e. The number of rotatable bonds is 6. The first-order valence-corrected chi connectivity index (χ1v) is 8.21. The Balaban J connectivity index is 2.04. The first-order valence-electron chi connectivity index (χ1n) is 6.72. The van der Waals surface area contributed by atoms with Crippen LogP contribution in [0.3, 0.4) is 0 Å². The maximum absolute atomic E-state index is 12.0. The number of nitrogens with one attached hydrogen (secondary N) is 2. The number of hydrogen-bond donors (Lipinski definition) is 2. The molecule has 1 aliphatic rings. The van der Waals surface area contributed by atoms with Gasteiger partial charge in [-0.15, -0.1) is 0 Å². The number of nitriles is 1. The number of amides is 1. The van der Waals surface area contributed by atoms with Gasteiger partial charge in [-0.1, -0.05) is 0 Å². The largest absolute Gasteiger partial charge is 0.349 e. The van der Waals surface area contributed by atoms with E-state index < -0.39 is 10.0 Å². The van der Waals surface area contributed by atoms with E-state index in [0.29, 0.717) is 5.56 Å². The number of hydrogen-bond acceptors (Lipinski definition) is 4. The van der Waals surface area contributed by atoms with Gasteiger partial charge in [-0.25, -0.2) is 13.1 Å². The monoisotopic (exact) mass is 307 g/mol. The molecule has 0 unspecified atom stereocenters. The normalized spacial score (nSPS) is 16.0. The lowest BCUT2D eigenvalue weighted by Crippen LogP contribution is -2.32. The molecule has 0 bridgehead atoms. The molecule has 1 saturated carbocycles. The van der Waals surface area contributed by atoms with Gasteiger partial charge in [0.1, 0.15) is 0 Å². The van der Waals surface area contributed by atoms with Crippen molar-refractivity contribution in [2.24, 2.45) is 0 Å². The number of carbonyl (C=O) groups is 1. The molecular formula is C14H17N3O3S. The molecule has 2 N–H and O–H groups in total. The Bertz CT molecular complexity index is 658. The second-order valence-electron chi connectivity index (χ2n) is 5.16. The highest BCUT2D eigenvalue weighted by molar-refractivity contribution is 7.89. The predicted octanol–water partition coefficient (Wildman–Crippen LogP) is 1.16. The van der Waals surface area contributed by atoms with Crippen LogP contribution in [0.5, 0.6) is 0 Å². The Labute approximate surface area is 124 Å². The summed E-state index contributed by atoms with van der Waals surface area (Å²) < 4.78 is 26.5. The number of benzene rings is 1. The first-order chi connectivity index (χ1) is 9.92. The van der Waals surface area contributed by atoms with Gasteiger partial charge in [0.05, 0.1) is 17.4 Å². The summed E-state index contributed by atoms with van der Waals surface area (Å²) in [6.45, 7) is 1.74. The Hall–Kier alpha value is -1.91. The van der Waals surface area contributed by atoms with Crippen molar-refractivity contribution in [1.82, 2.24) is 10.0 Å². The number of carbonyl (C=O) groups excluding carboxylic acids is 1. The van der Waals surface area contributed by atoms with Crippen molar-refractivity contribution < 1.29 is 13.2 Å². The third-order valence-corrected chi connectivity index (χ3v) is 4.64. The maximum atomic E-state index is 12.0. The van der Waals surface area contributed by atoms with Crippen LogP contribution in [0.25, 0.3) is 0 Å². The minimum Gasteiger partial charge on any atom is -0.349 e. The van der Waals surface area contributed by atoms with Crippen molar-refractivity contribution in [2.75, 3.05) is 0 Å². The Kier molecular flexibility index (Phi) is 4.60. The molecular weight excluding hydrogens is 290 g/mol. The van der Waals surface area contributed by atoms with Crippen LogP contribution >= 0.6 is 0 Å². The lowest BCUT2D eigenvalue weighted by Gasteiger charge is -2.11. The van der Waals surface area contributed by atoms with Crippen LogP contribution in [0, 0.1) is 11.3 Å². The van der Waals surface area contributed by atoms with Gasteiger partial charge in [0, 0.05) is 17.6 Å². The quantitative estimate of drug-likeness (QED) is 0.823. The molecule has 0 aliphatic heterocycles. The van der Waals surface area contributed by atoms with E-state index in [-0.39, 0.29) is 29.3 Å². The zero-order valence-corrected chi connectivity index (χ0v) is 12.5. The highest BCUT2D eigenvalue weighted by Gasteiger charge is 2.27. The average Bonchev–Trinajstić information content (AvgIpc) is 3.22. The molecule has 0 heterocycles. The van der Waals surface area contributed by atoms with Crippen molar-refractivity contribution in [1.29, 1.82) is 5.26 Å². The smallest absolute Gasteiger partial charge is 0.251 e. The summed E-state index contributed by atoms with van der Waals surface area (Å²) in [6.07, 6.45) is 1.97. The van der Waals surface area contributed by atoms with Crippen LogP contribution < -0.4 is 10.0 Å². The first kappa shape index (κ1) is 15.5. The molecule has 21 heavy (non-hydrogen) atoms. The van der Waals surface area contributed by atoms with Crippen molar-refractivity contribution in [3.05, 3.63) is 29.8 Å². The average molecular weight is 307 g/mol. The van der Waals surface area contributed by atoms with E-state index in [4.69, 9.17) is 5.26 Å². The Morgan fingerprint density at radius 1 is 1.38 bits per heavy atom. The molecule has 112 valence electrons. The summed E-state index contributed by atoms with van der Waals surface area (Å²) in [5, 5.41) is 11.2. The summed E-state index contributed by atoms with van der Waals surface area (Å²) >= 11 is 0. The highest BCUT2D eigenvalue weighted by atomic mass is 32.2. The molecule has 0 spiro atoms. The molecule has 1 atom stereocenters. The van der Waals surface area contributed by atoms with Crippen LogP contribution in [-0.4, -0.2) is 26.4 Å². The van der Waals surface area contributed by atoms with Gasteiger partial charge in [-0.2, -0.15) is 5.26 Å². The van der Waals surface area contributed by atoms with E-state index in [1.54, 1.807) is 6.92 Å². The summed E-state index contributed by atoms with van der Waals surface area (Å²) in [5.74, 6) is -0.322. The molecule has 0 saturated heterocycles. The lowest BCUT2D eigenvalue weighted by molar-refractivity contribution is 0.0940. The molecule has 1 aliphatic carbocycles. The van der Waals surface area contributed by atoms with Crippen LogP contribution in [0.1, 0.15) is 36.5 Å². The minimum absolute atomic E-state index is 0.0461. The van der Waals surface area contributed by atoms with Crippen molar-refractivity contribution in [3.63, 3.8) is 0 Å². The zero-order chi connectivity index (χ0) is 15.5. The molecule has 1 aromatic carbocycles. The third kappa shape index (κ3) is 4.28. The topological polar surface area (TPSA) is 99.1 Å². The van der Waals surface area contributed by atoms with Crippen LogP contribution in [0.4, 0.5) is 0 Å². The summed E-state index contributed by atoms with van der Waals surface area (Å²) in [6, 6.07) is 7.53. The second kappa shape index (κ2) is 6.24. The molecule has 1 amide bonds. The molecule has 6 nitrogen and oxygen atoms in total. The lowest BCUT2D eigenvalue weighted by atomic mass is 10.2. The standard InChI is InChI=1S/C14H17N3O3S/c1-10(8-9-15)16-14(18)11-2-6-13(7-3-11)21(19,20)17-12-4-5-12/h2-3,6-7,10,12,17H,4-5,8H2,1H3,(H,16,18)/t10-/m1/s1. The van der Waals surface area contributed by atoms with E-state index >= 15 is 0 Å². The zero-order valence-electron chi connectivity index (χ0n) is 11.7. The molecule has 1 aromatic rings. The second-order valence-corrected chi connectivity index (χ2v) is 6.87. The van der Waals surface area contributed by atoms with Crippen LogP contribution in [0.2, 0.25) is 0 Å². The fourth-order valence-electron chi connectivity index (χ4n) is 1.77. The van der Waals surface area contributed by atoms with Gasteiger partial charge >= 0.3 is 0 Å². The highest BCUT2D eigenvalue weighted by Crippen LogP contribution is 2.22. The van der Waals surface area contributed by atoms with Gasteiger partial charge in [-0.3, -0.25) is 4.79 Å². The fourth-order valence-corrected chi connectivity index (χ4v) is 3.07. The molecule has 2 rings (SSSR count). The minimum atomic E-state index is -3.50. The van der Waals surface area contributed by atoms with Gasteiger partial charge in [0.2, 0.25) is 10.0 Å². The Morgan fingerprint density at radius 2 is 2.00 bits per heavy atom. The Morgan fingerprint density at radius 3 is 2.52 bits per heavy atom. The van der Waals surface area contributed by atoms with E-state index in [2.05, 4.69) is 10.0 Å². The van der Waals surface area contributed by atoms with Gasteiger partial charge < -0.3 is 5.32 Å². The summed E-state index contributed by atoms with van der Waals surface area (Å²) in [5.41, 5.74) is 0.366. The molecule has 0 aromatic heterocycles. The van der Waals surface area contributed by atoms with E-state index in [1.165, 1.54) is 24.3 Å². The van der Waals surface area contributed by atoms with E-state index in [1.807, 2.05) is 6.07 Å². The third-order valence-electron chi connectivity index (χ3n) is 3.10. The fraction of sp³-hybridized carbons (Fsp3) is 0.429. The van der Waals surface area contributed by atoms with Gasteiger partial charge in [0.25, 0.3) is 5.91 Å². The van der Waals surface area contributed by atoms with E-state index in [0.717, 1.165) is 12.8 Å². The SMILES string of the molecule is C[C@H](CC#N)NC(=O)c1ccc(S(=O)(=O)NC2CC2)cc1. The van der Waals surface area contributed by atoms with E-state index in [9.17, 15) is 13.2 Å². The van der Waals surface area contributed by atoms with Crippen LogP contribution in [0.15, 0.2) is 29.2 Å². The van der Waals surface area contributed by atoms with Gasteiger partial charge in [-0.05, 0) is 44.0 Å². The predicted molar refractivity (Wildman–Crippen MR) is 76.9 cm³/mol. The number of sulfonamides is 1. The molecule has 1 fully saturated rings.